The van der Waals surface area contributed by atoms with Crippen LogP contribution < -0.4 is 4.74 Å². The molecule has 1 aliphatic carbocycles. The molecule has 7 nitrogen and oxygen atoms in total. The van der Waals surface area contributed by atoms with Gasteiger partial charge in [0.05, 0.1) is 0 Å². The van der Waals surface area contributed by atoms with Crippen molar-refractivity contribution in [2.75, 3.05) is 0 Å². The molecule has 4 aromatic rings. The van der Waals surface area contributed by atoms with Crippen molar-refractivity contribution in [2.24, 2.45) is 0 Å². The van der Waals surface area contributed by atoms with Crippen molar-refractivity contribution in [3.05, 3.63) is 100 Å². The molecular formula is C29H24O7. The molecule has 4 atom stereocenters. The lowest BCUT2D eigenvalue weighted by Crippen LogP contribution is -2.28. The summed E-state index contributed by atoms with van der Waals surface area (Å²) < 4.78 is 6.50. The molecule has 0 saturated heterocycles. The van der Waals surface area contributed by atoms with Gasteiger partial charge in [0.1, 0.15) is 46.4 Å². The van der Waals surface area contributed by atoms with Crippen molar-refractivity contribution in [3.63, 3.8) is 0 Å². The van der Waals surface area contributed by atoms with Crippen LogP contribution in [0.4, 0.5) is 0 Å². The number of hydrogen-bond acceptors (Lipinski definition) is 7. The lowest BCUT2D eigenvalue weighted by Gasteiger charge is -2.39. The van der Waals surface area contributed by atoms with Crippen molar-refractivity contribution in [3.8, 4) is 40.2 Å². The zero-order valence-electron chi connectivity index (χ0n) is 19.3. The SMILES string of the molecule is Cc1cc(O)ccc1C1Oc2cc(O)ccc2C2C(c3cc(O)cc(O)c3)c3c(O)cc(O)cc3C12. The molecular weight excluding hydrogens is 460 g/mol. The van der Waals surface area contributed by atoms with E-state index in [9.17, 15) is 30.6 Å². The van der Waals surface area contributed by atoms with E-state index in [-0.39, 0.29) is 46.3 Å². The number of ether oxygens (including phenoxy) is 1. The van der Waals surface area contributed by atoms with Crippen LogP contribution in [0.15, 0.2) is 66.7 Å². The van der Waals surface area contributed by atoms with Gasteiger partial charge in [0.25, 0.3) is 0 Å². The van der Waals surface area contributed by atoms with Crippen LogP contribution in [0, 0.1) is 6.92 Å². The van der Waals surface area contributed by atoms with Gasteiger partial charge in [-0.25, -0.2) is 0 Å². The van der Waals surface area contributed by atoms with Crippen LogP contribution in [-0.2, 0) is 0 Å². The largest absolute Gasteiger partial charge is 0.508 e. The molecule has 4 unspecified atom stereocenters. The highest BCUT2D eigenvalue weighted by molar-refractivity contribution is 5.63. The highest BCUT2D eigenvalue weighted by atomic mass is 16.5. The maximum absolute atomic E-state index is 11.1. The molecule has 6 N–H and O–H groups in total. The summed E-state index contributed by atoms with van der Waals surface area (Å²) in [5.41, 5.74) is 4.23. The van der Waals surface area contributed by atoms with E-state index in [0.717, 1.165) is 16.7 Å². The molecule has 6 rings (SSSR count). The molecule has 182 valence electrons. The first-order chi connectivity index (χ1) is 17.2. The molecule has 0 radical (unpaired) electrons. The van der Waals surface area contributed by atoms with E-state index < -0.39 is 12.0 Å². The van der Waals surface area contributed by atoms with Crippen LogP contribution in [0.25, 0.3) is 0 Å². The number of phenolic OH excluding ortho intramolecular Hbond substituents is 6. The molecule has 0 fully saturated rings. The third kappa shape index (κ3) is 3.27. The van der Waals surface area contributed by atoms with Crippen LogP contribution in [0.5, 0.6) is 40.2 Å². The van der Waals surface area contributed by atoms with Gasteiger partial charge in [-0.15, -0.1) is 0 Å². The minimum Gasteiger partial charge on any atom is -0.508 e. The predicted octanol–water partition coefficient (Wildman–Crippen LogP) is 5.38. The monoisotopic (exact) mass is 484 g/mol. The second kappa shape index (κ2) is 7.75. The number of benzene rings is 4. The Labute approximate surface area is 206 Å². The summed E-state index contributed by atoms with van der Waals surface area (Å²) in [5, 5.41) is 62.3. The van der Waals surface area contributed by atoms with Gasteiger partial charge in [-0.1, -0.05) is 12.1 Å². The Kier molecular flexibility index (Phi) is 4.73. The van der Waals surface area contributed by atoms with E-state index in [1.165, 1.54) is 12.1 Å². The van der Waals surface area contributed by atoms with Crippen LogP contribution in [0.3, 0.4) is 0 Å². The van der Waals surface area contributed by atoms with Crippen molar-refractivity contribution >= 4 is 0 Å². The highest BCUT2D eigenvalue weighted by Gasteiger charge is 2.52. The van der Waals surface area contributed by atoms with Gasteiger partial charge in [0, 0.05) is 41.5 Å². The minimum atomic E-state index is -0.583. The van der Waals surface area contributed by atoms with Crippen molar-refractivity contribution < 1.29 is 35.4 Å². The number of hydrogen-bond donors (Lipinski definition) is 6. The molecule has 0 amide bonds. The second-order valence-electron chi connectivity index (χ2n) is 9.58. The van der Waals surface area contributed by atoms with Gasteiger partial charge in [-0.05, 0) is 71.1 Å². The van der Waals surface area contributed by atoms with E-state index in [2.05, 4.69) is 0 Å². The molecule has 0 bridgehead atoms. The van der Waals surface area contributed by atoms with Crippen molar-refractivity contribution in [1.82, 2.24) is 0 Å². The lowest BCUT2D eigenvalue weighted by atomic mass is 9.72. The predicted molar refractivity (Wildman–Crippen MR) is 131 cm³/mol. The van der Waals surface area contributed by atoms with Gasteiger partial charge in [0.2, 0.25) is 0 Å². The zero-order chi connectivity index (χ0) is 25.3. The quantitative estimate of drug-likeness (QED) is 0.225. The van der Waals surface area contributed by atoms with Crippen LogP contribution in [-0.4, -0.2) is 30.6 Å². The molecule has 0 saturated carbocycles. The molecule has 4 aromatic carbocycles. The summed E-state index contributed by atoms with van der Waals surface area (Å²) in [7, 11) is 0. The van der Waals surface area contributed by atoms with E-state index in [1.54, 1.807) is 54.6 Å². The molecule has 2 aliphatic rings. The Balaban J connectivity index is 1.67. The zero-order valence-corrected chi connectivity index (χ0v) is 19.3. The summed E-state index contributed by atoms with van der Waals surface area (Å²) in [6, 6.07) is 17.2. The Morgan fingerprint density at radius 2 is 1.22 bits per heavy atom. The number of fused-ring (bicyclic) bond motifs is 5. The van der Waals surface area contributed by atoms with E-state index in [0.29, 0.717) is 22.4 Å². The first-order valence-corrected chi connectivity index (χ1v) is 11.6. The minimum absolute atomic E-state index is 0.0379. The Bertz CT molecular complexity index is 1510. The first kappa shape index (κ1) is 22.0. The molecule has 0 aromatic heterocycles. The van der Waals surface area contributed by atoms with Gasteiger partial charge in [-0.3, -0.25) is 0 Å². The third-order valence-electron chi connectivity index (χ3n) is 7.37. The second-order valence-corrected chi connectivity index (χ2v) is 9.58. The highest BCUT2D eigenvalue weighted by Crippen LogP contribution is 2.66. The number of aryl methyl sites for hydroxylation is 1. The Hall–Kier alpha value is -4.52. The topological polar surface area (TPSA) is 131 Å². The summed E-state index contributed by atoms with van der Waals surface area (Å²) in [4.78, 5) is 0. The fraction of sp³-hybridized carbons (Fsp3) is 0.172. The van der Waals surface area contributed by atoms with Crippen LogP contribution in [0.2, 0.25) is 0 Å². The van der Waals surface area contributed by atoms with Gasteiger partial charge in [0.15, 0.2) is 0 Å². The Morgan fingerprint density at radius 1 is 0.583 bits per heavy atom. The number of rotatable bonds is 2. The lowest BCUT2D eigenvalue weighted by molar-refractivity contribution is 0.135. The molecule has 0 spiro atoms. The molecule has 1 aliphatic heterocycles. The summed E-state index contributed by atoms with van der Waals surface area (Å²) in [6.45, 7) is 1.87. The van der Waals surface area contributed by atoms with Crippen molar-refractivity contribution in [2.45, 2.75) is 30.8 Å². The van der Waals surface area contributed by atoms with E-state index in [4.69, 9.17) is 4.74 Å². The van der Waals surface area contributed by atoms with Crippen LogP contribution >= 0.6 is 0 Å². The van der Waals surface area contributed by atoms with E-state index >= 15 is 0 Å². The summed E-state index contributed by atoms with van der Waals surface area (Å²) >= 11 is 0. The van der Waals surface area contributed by atoms with Gasteiger partial charge >= 0.3 is 0 Å². The summed E-state index contributed by atoms with van der Waals surface area (Å²) in [6.07, 6.45) is -0.583. The summed E-state index contributed by atoms with van der Waals surface area (Å²) in [5.74, 6) is -1.02. The average molecular weight is 485 g/mol. The standard InChI is InChI=1S/C29H24O7/c1-13-6-15(30)2-4-20(13)29-28-22-10-19(34)11-23(35)26(22)25(14-7-17(32)9-18(33)8-14)27(28)21-5-3-16(31)12-24(21)36-29/h2-12,25,27-35H,1H3. The maximum Gasteiger partial charge on any atom is 0.131 e. The molecule has 7 heteroatoms. The average Bonchev–Trinajstić information content (AvgIpc) is 3.13. The molecule has 36 heavy (non-hydrogen) atoms. The normalized spacial score (nSPS) is 21.8. The number of phenols is 6. The fourth-order valence-electron chi connectivity index (χ4n) is 6.08. The third-order valence-corrected chi connectivity index (χ3v) is 7.37. The van der Waals surface area contributed by atoms with Gasteiger partial charge < -0.3 is 35.4 Å². The number of aromatic hydroxyl groups is 6. The first-order valence-electron chi connectivity index (χ1n) is 11.6. The Morgan fingerprint density at radius 3 is 1.92 bits per heavy atom. The van der Waals surface area contributed by atoms with Gasteiger partial charge in [-0.2, -0.15) is 0 Å². The smallest absolute Gasteiger partial charge is 0.131 e. The fourth-order valence-corrected chi connectivity index (χ4v) is 6.08. The van der Waals surface area contributed by atoms with Crippen LogP contribution in [0.1, 0.15) is 57.2 Å². The molecule has 1 heterocycles. The van der Waals surface area contributed by atoms with E-state index in [1.807, 2.05) is 6.92 Å². The van der Waals surface area contributed by atoms with Crippen molar-refractivity contribution in [1.29, 1.82) is 0 Å². The maximum atomic E-state index is 11.1.